The van der Waals surface area contributed by atoms with E-state index in [0.717, 1.165) is 19.6 Å². The van der Waals surface area contributed by atoms with Gasteiger partial charge in [-0.05, 0) is 25.7 Å². The van der Waals surface area contributed by atoms with Gasteiger partial charge in [-0.1, -0.05) is 23.7 Å². The van der Waals surface area contributed by atoms with Crippen LogP contribution in [-0.4, -0.2) is 60.8 Å². The second-order valence-electron chi connectivity index (χ2n) is 5.29. The topological polar surface area (TPSA) is 26.7 Å². The molecule has 3 nitrogen and oxygen atoms in total. The monoisotopic (exact) mass is 286 g/mol. The van der Waals surface area contributed by atoms with E-state index < -0.39 is 11.9 Å². The van der Waals surface area contributed by atoms with E-state index in [-0.39, 0.29) is 11.1 Å². The van der Waals surface area contributed by atoms with Crippen molar-refractivity contribution < 1.29 is 9.50 Å². The Morgan fingerprint density at radius 3 is 2.89 bits per heavy atom. The summed E-state index contributed by atoms with van der Waals surface area (Å²) in [5, 5.41) is 10.5. The van der Waals surface area contributed by atoms with Crippen molar-refractivity contribution in [3.05, 3.63) is 34.6 Å². The van der Waals surface area contributed by atoms with Crippen molar-refractivity contribution in [1.29, 1.82) is 0 Å². The number of aliphatic hydroxyl groups is 1. The van der Waals surface area contributed by atoms with Gasteiger partial charge in [0.15, 0.2) is 0 Å². The van der Waals surface area contributed by atoms with Crippen LogP contribution in [-0.2, 0) is 6.42 Å². The van der Waals surface area contributed by atoms with Gasteiger partial charge in [0.25, 0.3) is 0 Å². The predicted octanol–water partition coefficient (Wildman–Crippen LogP) is 1.63. The van der Waals surface area contributed by atoms with Gasteiger partial charge in [-0.15, -0.1) is 0 Å². The molecule has 1 aromatic carbocycles. The Morgan fingerprint density at radius 1 is 1.42 bits per heavy atom. The lowest BCUT2D eigenvalue weighted by Gasteiger charge is -2.40. The summed E-state index contributed by atoms with van der Waals surface area (Å²) < 4.78 is 13.4. The van der Waals surface area contributed by atoms with Crippen molar-refractivity contribution in [1.82, 2.24) is 9.80 Å². The number of rotatable bonds is 3. The van der Waals surface area contributed by atoms with Crippen molar-refractivity contribution in [3.63, 3.8) is 0 Å². The minimum absolute atomic E-state index is 0.0538. The zero-order chi connectivity index (χ0) is 14.0. The Morgan fingerprint density at radius 2 is 2.16 bits per heavy atom. The maximum Gasteiger partial charge on any atom is 0.142 e. The average molecular weight is 287 g/mol. The molecule has 2 rings (SSSR count). The molecule has 0 radical (unpaired) electrons. The van der Waals surface area contributed by atoms with E-state index in [1.165, 1.54) is 6.07 Å². The van der Waals surface area contributed by atoms with E-state index in [1.807, 2.05) is 14.1 Å². The molecule has 1 N–H and O–H groups in total. The summed E-state index contributed by atoms with van der Waals surface area (Å²) in [6.45, 7) is 2.74. The van der Waals surface area contributed by atoms with E-state index >= 15 is 0 Å². The van der Waals surface area contributed by atoms with E-state index in [9.17, 15) is 9.50 Å². The van der Waals surface area contributed by atoms with Crippen LogP contribution >= 0.6 is 11.6 Å². The van der Waals surface area contributed by atoms with Crippen LogP contribution in [0.25, 0.3) is 0 Å². The highest BCUT2D eigenvalue weighted by Gasteiger charge is 2.29. The van der Waals surface area contributed by atoms with Gasteiger partial charge in [0, 0.05) is 32.1 Å². The maximum absolute atomic E-state index is 13.4. The number of benzene rings is 1. The second kappa shape index (κ2) is 6.18. The highest BCUT2D eigenvalue weighted by Crippen LogP contribution is 2.23. The highest BCUT2D eigenvalue weighted by atomic mass is 35.5. The van der Waals surface area contributed by atoms with E-state index in [4.69, 9.17) is 11.6 Å². The highest BCUT2D eigenvalue weighted by molar-refractivity contribution is 6.31. The Kier molecular flexibility index (Phi) is 4.79. The molecule has 1 aliphatic rings. The van der Waals surface area contributed by atoms with Gasteiger partial charge >= 0.3 is 0 Å². The lowest BCUT2D eigenvalue weighted by molar-refractivity contribution is 0.0153. The second-order valence-corrected chi connectivity index (χ2v) is 5.67. The molecule has 0 spiro atoms. The normalized spacial score (nSPS) is 23.5. The number of aliphatic hydroxyl groups excluding tert-OH is 1. The van der Waals surface area contributed by atoms with Crippen LogP contribution in [0.4, 0.5) is 4.39 Å². The first kappa shape index (κ1) is 14.7. The molecule has 1 saturated heterocycles. The molecule has 0 bridgehead atoms. The van der Waals surface area contributed by atoms with Crippen LogP contribution in [0.5, 0.6) is 0 Å². The fourth-order valence-corrected chi connectivity index (χ4v) is 2.73. The lowest BCUT2D eigenvalue weighted by Crippen LogP contribution is -2.55. The van der Waals surface area contributed by atoms with Crippen molar-refractivity contribution in [3.8, 4) is 0 Å². The van der Waals surface area contributed by atoms with Gasteiger partial charge in [-0.3, -0.25) is 4.90 Å². The van der Waals surface area contributed by atoms with Crippen LogP contribution in [0.1, 0.15) is 5.56 Å². The minimum atomic E-state index is -0.549. The van der Waals surface area contributed by atoms with Crippen LogP contribution in [0, 0.1) is 5.82 Å². The van der Waals surface area contributed by atoms with E-state index in [2.05, 4.69) is 9.80 Å². The number of nitrogens with zero attached hydrogens (tertiary/aromatic N) is 2. The quantitative estimate of drug-likeness (QED) is 0.915. The SMILES string of the molecule is CN1CCN(C)C(C(O)Cc2cccc(F)c2Cl)C1. The summed E-state index contributed by atoms with van der Waals surface area (Å²) in [6, 6.07) is 4.78. The standard InChI is InChI=1S/C14H20ClFN2O/c1-17-6-7-18(2)12(9-17)13(19)8-10-4-3-5-11(16)14(10)15/h3-5,12-13,19H,6-9H2,1-2H3. The molecular formula is C14H20ClFN2O. The Labute approximate surface area is 118 Å². The summed E-state index contributed by atoms with van der Waals surface area (Å²) in [5.41, 5.74) is 0.663. The molecule has 1 aromatic rings. The number of likely N-dealkylation sites (N-methyl/N-ethyl adjacent to an activating group) is 2. The third kappa shape index (κ3) is 3.45. The molecular weight excluding hydrogens is 267 g/mol. The van der Waals surface area contributed by atoms with Gasteiger partial charge in [0.2, 0.25) is 0 Å². The molecule has 5 heteroatoms. The summed E-state index contributed by atoms with van der Waals surface area (Å²) in [4.78, 5) is 4.35. The molecule has 1 heterocycles. The average Bonchev–Trinajstić information content (AvgIpc) is 2.38. The van der Waals surface area contributed by atoms with Gasteiger partial charge in [0.1, 0.15) is 5.82 Å². The molecule has 19 heavy (non-hydrogen) atoms. The minimum Gasteiger partial charge on any atom is -0.391 e. The van der Waals surface area contributed by atoms with E-state index in [1.54, 1.807) is 12.1 Å². The molecule has 0 amide bonds. The van der Waals surface area contributed by atoms with Crippen molar-refractivity contribution >= 4 is 11.6 Å². The van der Waals surface area contributed by atoms with E-state index in [0.29, 0.717) is 12.0 Å². The molecule has 1 fully saturated rings. The number of piperazine rings is 1. The van der Waals surface area contributed by atoms with Crippen molar-refractivity contribution in [2.75, 3.05) is 33.7 Å². The maximum atomic E-state index is 13.4. The first-order chi connectivity index (χ1) is 8.99. The molecule has 2 unspecified atom stereocenters. The van der Waals surface area contributed by atoms with Gasteiger partial charge < -0.3 is 10.0 Å². The number of halogens is 2. The summed E-state index contributed by atoms with van der Waals surface area (Å²) in [5.74, 6) is -0.430. The first-order valence-corrected chi connectivity index (χ1v) is 6.86. The van der Waals surface area contributed by atoms with Crippen LogP contribution in [0.15, 0.2) is 18.2 Å². The zero-order valence-electron chi connectivity index (χ0n) is 11.3. The van der Waals surface area contributed by atoms with Gasteiger partial charge in [-0.2, -0.15) is 0 Å². The number of hydrogen-bond donors (Lipinski definition) is 1. The fourth-order valence-electron chi connectivity index (χ4n) is 2.53. The largest absolute Gasteiger partial charge is 0.391 e. The zero-order valence-corrected chi connectivity index (χ0v) is 12.1. The van der Waals surface area contributed by atoms with Crippen LogP contribution in [0.3, 0.4) is 0 Å². The first-order valence-electron chi connectivity index (χ1n) is 6.48. The number of hydrogen-bond acceptors (Lipinski definition) is 3. The molecule has 0 saturated carbocycles. The van der Waals surface area contributed by atoms with Crippen molar-refractivity contribution in [2.45, 2.75) is 18.6 Å². The molecule has 106 valence electrons. The van der Waals surface area contributed by atoms with Gasteiger partial charge in [-0.25, -0.2) is 4.39 Å². The fraction of sp³-hybridized carbons (Fsp3) is 0.571. The third-order valence-corrected chi connectivity index (χ3v) is 4.23. The summed E-state index contributed by atoms with van der Waals surface area (Å²) in [7, 11) is 4.05. The third-order valence-electron chi connectivity index (χ3n) is 3.80. The molecule has 0 aromatic heterocycles. The Balaban J connectivity index is 2.07. The van der Waals surface area contributed by atoms with Crippen LogP contribution < -0.4 is 0 Å². The smallest absolute Gasteiger partial charge is 0.142 e. The van der Waals surface area contributed by atoms with Gasteiger partial charge in [0.05, 0.1) is 11.1 Å². The Hall–Kier alpha value is -0.680. The lowest BCUT2D eigenvalue weighted by atomic mass is 9.99. The molecule has 2 atom stereocenters. The van der Waals surface area contributed by atoms with Crippen molar-refractivity contribution in [2.24, 2.45) is 0 Å². The van der Waals surface area contributed by atoms with Crippen LogP contribution in [0.2, 0.25) is 5.02 Å². The predicted molar refractivity (Wildman–Crippen MR) is 75.0 cm³/mol. The molecule has 0 aliphatic carbocycles. The summed E-state index contributed by atoms with van der Waals surface area (Å²) in [6.07, 6.45) is -0.175. The Bertz CT molecular complexity index is 443. The molecule has 1 aliphatic heterocycles. The summed E-state index contributed by atoms with van der Waals surface area (Å²) >= 11 is 5.93.